The third-order valence-corrected chi connectivity index (χ3v) is 11.6. The third kappa shape index (κ3) is 15.9. The largest absolute Gasteiger partial charge is 0.473 e. The number of nitrogens with zero attached hydrogens (tertiary/aromatic N) is 3. The zero-order chi connectivity index (χ0) is 46.1. The Morgan fingerprint density at radius 1 is 1.02 bits per heavy atom. The van der Waals surface area contributed by atoms with Crippen molar-refractivity contribution in [3.63, 3.8) is 0 Å². The van der Waals surface area contributed by atoms with E-state index in [1.54, 1.807) is 42.7 Å². The summed E-state index contributed by atoms with van der Waals surface area (Å²) in [6, 6.07) is 14.7. The minimum atomic E-state index is -3.49. The first-order chi connectivity index (χ1) is 30.7. The Bertz CT molecular complexity index is 2150. The number of nitrogens with one attached hydrogen (secondary N) is 2. The molecule has 0 unspecified atom stereocenters. The van der Waals surface area contributed by atoms with E-state index in [2.05, 4.69) is 15.6 Å². The first kappa shape index (κ1) is 49.4. The number of likely N-dealkylation sites (tertiary alicyclic amines) is 1. The third-order valence-electron chi connectivity index (χ3n) is 10.7. The lowest BCUT2D eigenvalue weighted by molar-refractivity contribution is -0.241. The fourth-order valence-corrected chi connectivity index (χ4v) is 7.54. The number of hydrogen-bond acceptors (Lipinski definition) is 14. The number of benzene rings is 2. The van der Waals surface area contributed by atoms with Crippen LogP contribution < -0.4 is 20.1 Å². The number of aromatic nitrogens is 1. The van der Waals surface area contributed by atoms with Gasteiger partial charge in [-0.2, -0.15) is 0 Å². The number of carbonyl (C=O) groups is 4. The second kappa shape index (κ2) is 24.5. The van der Waals surface area contributed by atoms with E-state index in [0.717, 1.165) is 48.8 Å². The SMILES string of the molecule is CCCC(=O)Nc1cc(COC(=O)N(CCS(C)(=O)=O)COc2cccc(C(=O)N3CCC(CCCCNC(=O)/C=C/c4cccnc4)CC3)c2)ccc1O[C@@H]1OC[C@@H](O)[C@H](O)[C@H]1O. The molecule has 0 aliphatic carbocycles. The van der Waals surface area contributed by atoms with Gasteiger partial charge in [0, 0.05) is 62.9 Å². The number of aliphatic hydroxyl groups excluding tert-OH is 3. The lowest BCUT2D eigenvalue weighted by atomic mass is 9.91. The summed E-state index contributed by atoms with van der Waals surface area (Å²) in [6.07, 6.45) is 6.28. The highest BCUT2D eigenvalue weighted by atomic mass is 32.2. The molecule has 3 aromatic rings. The molecule has 0 bridgehead atoms. The molecule has 1 aromatic heterocycles. The number of hydrogen-bond donors (Lipinski definition) is 5. The van der Waals surface area contributed by atoms with Crippen LogP contribution in [0.3, 0.4) is 0 Å². The Kier molecular flexibility index (Phi) is 18.9. The molecule has 2 fully saturated rings. The van der Waals surface area contributed by atoms with Crippen LogP contribution in [0.5, 0.6) is 11.5 Å². The maximum atomic E-state index is 13.5. The molecule has 3 heterocycles. The predicted molar refractivity (Wildman–Crippen MR) is 236 cm³/mol. The van der Waals surface area contributed by atoms with Crippen molar-refractivity contribution >= 4 is 45.4 Å². The predicted octanol–water partition coefficient (Wildman–Crippen LogP) is 3.51. The molecule has 4 atom stereocenters. The zero-order valence-electron chi connectivity index (χ0n) is 36.2. The molecule has 5 rings (SSSR count). The van der Waals surface area contributed by atoms with E-state index in [-0.39, 0.29) is 66.8 Å². The van der Waals surface area contributed by atoms with Crippen molar-refractivity contribution in [3.8, 4) is 11.5 Å². The van der Waals surface area contributed by atoms with Crippen LogP contribution in [-0.4, -0.2) is 138 Å². The molecule has 0 radical (unpaired) electrons. The van der Waals surface area contributed by atoms with Gasteiger partial charge in [-0.15, -0.1) is 0 Å². The minimum absolute atomic E-state index is 0.0816. The highest BCUT2D eigenvalue weighted by Gasteiger charge is 2.39. The molecular formula is C45H59N5O13S. The fraction of sp³-hybridized carbons (Fsp3) is 0.489. The van der Waals surface area contributed by atoms with Crippen LogP contribution in [0.4, 0.5) is 10.5 Å². The van der Waals surface area contributed by atoms with Gasteiger partial charge in [0.15, 0.2) is 6.73 Å². The number of anilines is 1. The van der Waals surface area contributed by atoms with E-state index in [1.165, 1.54) is 24.3 Å². The number of aliphatic hydroxyl groups is 3. The maximum absolute atomic E-state index is 13.5. The molecule has 2 aliphatic rings. The van der Waals surface area contributed by atoms with Crippen molar-refractivity contribution in [1.82, 2.24) is 20.1 Å². The molecule has 0 spiro atoms. The van der Waals surface area contributed by atoms with Gasteiger partial charge in [0.2, 0.25) is 18.1 Å². The van der Waals surface area contributed by atoms with E-state index in [1.807, 2.05) is 24.0 Å². The van der Waals surface area contributed by atoms with Gasteiger partial charge >= 0.3 is 6.09 Å². The Morgan fingerprint density at radius 2 is 1.81 bits per heavy atom. The van der Waals surface area contributed by atoms with Crippen molar-refractivity contribution in [1.29, 1.82) is 0 Å². The molecule has 18 nitrogen and oxygen atoms in total. The van der Waals surface area contributed by atoms with Crippen LogP contribution in [0.15, 0.2) is 73.1 Å². The van der Waals surface area contributed by atoms with Gasteiger partial charge in [-0.3, -0.25) is 24.3 Å². The molecule has 19 heteroatoms. The smallest absolute Gasteiger partial charge is 0.412 e. The molecule has 2 aromatic carbocycles. The molecule has 5 N–H and O–H groups in total. The van der Waals surface area contributed by atoms with E-state index in [0.29, 0.717) is 43.1 Å². The van der Waals surface area contributed by atoms with Crippen LogP contribution in [0.25, 0.3) is 6.08 Å². The Balaban J connectivity index is 1.11. The lowest BCUT2D eigenvalue weighted by Gasteiger charge is -2.35. The molecule has 0 saturated carbocycles. The highest BCUT2D eigenvalue weighted by molar-refractivity contribution is 7.90. The topological polar surface area (TPSA) is 243 Å². The van der Waals surface area contributed by atoms with Gasteiger partial charge in [-0.05, 0) is 85.2 Å². The van der Waals surface area contributed by atoms with Crippen LogP contribution in [0, 0.1) is 5.92 Å². The minimum Gasteiger partial charge on any atom is -0.473 e. The number of carbonyl (C=O) groups excluding carboxylic acids is 4. The van der Waals surface area contributed by atoms with Crippen LogP contribution >= 0.6 is 0 Å². The summed E-state index contributed by atoms with van der Waals surface area (Å²) in [5, 5.41) is 35.9. The summed E-state index contributed by atoms with van der Waals surface area (Å²) < 4.78 is 46.8. The number of unbranched alkanes of at least 4 members (excludes halogenated alkanes) is 1. The first-order valence-electron chi connectivity index (χ1n) is 21.4. The highest BCUT2D eigenvalue weighted by Crippen LogP contribution is 2.30. The van der Waals surface area contributed by atoms with Crippen LogP contribution in [0.2, 0.25) is 0 Å². The average Bonchev–Trinajstić information content (AvgIpc) is 3.28. The Labute approximate surface area is 373 Å². The van der Waals surface area contributed by atoms with Crippen LogP contribution in [-0.2, 0) is 35.5 Å². The molecule has 4 amide bonds. The summed E-state index contributed by atoms with van der Waals surface area (Å²) in [7, 11) is -3.49. The van der Waals surface area contributed by atoms with Gasteiger partial charge in [0.25, 0.3) is 5.91 Å². The number of ether oxygens (including phenoxy) is 4. The molecule has 2 aliphatic heterocycles. The quantitative estimate of drug-likeness (QED) is 0.0584. The maximum Gasteiger partial charge on any atom is 0.412 e. The molecule has 2 saturated heterocycles. The van der Waals surface area contributed by atoms with E-state index in [4.69, 9.17) is 18.9 Å². The number of sulfone groups is 1. The van der Waals surface area contributed by atoms with Crippen molar-refractivity contribution in [3.05, 3.63) is 89.8 Å². The number of amides is 4. The van der Waals surface area contributed by atoms with Gasteiger partial charge in [0.1, 0.15) is 46.3 Å². The second-order valence-corrected chi connectivity index (χ2v) is 18.1. The van der Waals surface area contributed by atoms with E-state index in [9.17, 15) is 42.9 Å². The lowest BCUT2D eigenvalue weighted by Crippen LogP contribution is -2.54. The Morgan fingerprint density at radius 3 is 2.55 bits per heavy atom. The second-order valence-electron chi connectivity index (χ2n) is 15.9. The average molecular weight is 910 g/mol. The van der Waals surface area contributed by atoms with Gasteiger partial charge in [-0.25, -0.2) is 13.2 Å². The van der Waals surface area contributed by atoms with E-state index < -0.39 is 47.3 Å². The number of rotatable bonds is 21. The molecule has 348 valence electrons. The van der Waals surface area contributed by atoms with Crippen LogP contribution in [0.1, 0.15) is 73.4 Å². The number of piperidine rings is 1. The molecule has 64 heavy (non-hydrogen) atoms. The summed E-state index contributed by atoms with van der Waals surface area (Å²) in [4.78, 5) is 58.5. The number of pyridine rings is 1. The van der Waals surface area contributed by atoms with Gasteiger partial charge in [0.05, 0.1) is 18.0 Å². The van der Waals surface area contributed by atoms with Crippen molar-refractivity contribution in [2.24, 2.45) is 5.92 Å². The summed E-state index contributed by atoms with van der Waals surface area (Å²) in [6.45, 7) is 2.38. The van der Waals surface area contributed by atoms with Crippen molar-refractivity contribution in [2.75, 3.05) is 56.8 Å². The summed E-state index contributed by atoms with van der Waals surface area (Å²) in [5.74, 6) is -0.166. The van der Waals surface area contributed by atoms with Crippen molar-refractivity contribution in [2.45, 2.75) is 83.1 Å². The summed E-state index contributed by atoms with van der Waals surface area (Å²) >= 11 is 0. The summed E-state index contributed by atoms with van der Waals surface area (Å²) in [5.41, 5.74) is 1.84. The molecular weight excluding hydrogens is 851 g/mol. The Hall–Kier alpha value is -5.60. The van der Waals surface area contributed by atoms with E-state index >= 15 is 0 Å². The fourth-order valence-electron chi connectivity index (χ4n) is 6.99. The zero-order valence-corrected chi connectivity index (χ0v) is 37.0. The van der Waals surface area contributed by atoms with Gasteiger partial charge in [-0.1, -0.05) is 38.0 Å². The van der Waals surface area contributed by atoms with Crippen molar-refractivity contribution < 1.29 is 61.9 Å². The first-order valence-corrected chi connectivity index (χ1v) is 23.5. The van der Waals surface area contributed by atoms with Gasteiger partial charge < -0.3 is 49.8 Å². The normalized spacial score (nSPS) is 19.2. The standard InChI is InChI=1S/C45H59N5O13S/c1-3-8-40(53)48-36-25-33(13-15-38(36)63-44-42(55)41(54)37(51)29-60-44)28-61-45(57)50(23-24-64(2,58)59)30-62-35-12-6-11-34(26-35)43(56)49-21-17-31(18-22-49)9-4-5-20-47-39(52)16-14-32-10-7-19-46-27-32/h6-7,10-16,19,25-27,31,37,41-42,44,51,54-55H,3-5,8-9,17-18,20-24,28-30H2,1-2H3,(H,47,52)(H,48,53)/b16-14+/t37-,41+,42-,44+/m1/s1. The monoisotopic (exact) mass is 909 g/mol.